The van der Waals surface area contributed by atoms with Gasteiger partial charge in [-0.1, -0.05) is 6.92 Å². The molecular weight excluding hydrogens is 279 g/mol. The molecule has 0 saturated carbocycles. The molecule has 0 amide bonds. The van der Waals surface area contributed by atoms with E-state index in [1.54, 1.807) is 0 Å². The molecule has 2 aromatic rings. The lowest BCUT2D eigenvalue weighted by Gasteiger charge is -2.19. The summed E-state index contributed by atoms with van der Waals surface area (Å²) in [4.78, 5) is 8.78. The maximum Gasteiger partial charge on any atom is 0.194 e. The summed E-state index contributed by atoms with van der Waals surface area (Å²) in [5.41, 5.74) is 2.95. The average molecular weight is 293 g/mol. The van der Waals surface area contributed by atoms with Gasteiger partial charge < -0.3 is 5.32 Å². The predicted molar refractivity (Wildman–Crippen MR) is 72.1 cm³/mol. The minimum absolute atomic E-state index is 0.155. The summed E-state index contributed by atoms with van der Waals surface area (Å²) in [5.74, 6) is -3.70. The Balaban J connectivity index is 2.15. The Morgan fingerprint density at radius 2 is 1.86 bits per heavy atom. The number of hydrogen-bond donors (Lipinski definition) is 1. The molecule has 0 fully saturated rings. The molecule has 1 aromatic carbocycles. The van der Waals surface area contributed by atoms with Crippen molar-refractivity contribution in [2.75, 3.05) is 6.54 Å². The van der Waals surface area contributed by atoms with E-state index in [0.717, 1.165) is 42.0 Å². The monoisotopic (exact) mass is 293 g/mol. The molecule has 0 spiro atoms. The van der Waals surface area contributed by atoms with Gasteiger partial charge in [-0.05, 0) is 18.6 Å². The van der Waals surface area contributed by atoms with Crippen LogP contribution in [0.3, 0.4) is 0 Å². The third-order valence-corrected chi connectivity index (χ3v) is 3.60. The van der Waals surface area contributed by atoms with Gasteiger partial charge >= 0.3 is 0 Å². The van der Waals surface area contributed by atoms with Gasteiger partial charge in [0.05, 0.1) is 5.69 Å². The summed E-state index contributed by atoms with van der Waals surface area (Å²) in [7, 11) is 0. The van der Waals surface area contributed by atoms with E-state index in [9.17, 15) is 13.2 Å². The Kier molecular flexibility index (Phi) is 3.63. The van der Waals surface area contributed by atoms with Crippen LogP contribution in [-0.4, -0.2) is 16.5 Å². The number of nitrogens with one attached hydrogen (secondary N) is 1. The van der Waals surface area contributed by atoms with Crippen LogP contribution < -0.4 is 5.32 Å². The Morgan fingerprint density at radius 3 is 2.52 bits per heavy atom. The molecule has 1 aliphatic heterocycles. The molecule has 1 aromatic heterocycles. The van der Waals surface area contributed by atoms with Crippen molar-refractivity contribution >= 4 is 0 Å². The van der Waals surface area contributed by atoms with Crippen LogP contribution in [0, 0.1) is 17.5 Å². The maximum absolute atomic E-state index is 13.4. The van der Waals surface area contributed by atoms with Crippen molar-refractivity contribution in [1.29, 1.82) is 0 Å². The summed E-state index contributed by atoms with van der Waals surface area (Å²) in [6.07, 6.45) is 1.44. The molecule has 6 heteroatoms. The largest absolute Gasteiger partial charge is 0.312 e. The van der Waals surface area contributed by atoms with Crippen LogP contribution in [-0.2, 0) is 19.4 Å². The van der Waals surface area contributed by atoms with E-state index in [-0.39, 0.29) is 11.4 Å². The number of halogens is 3. The van der Waals surface area contributed by atoms with Gasteiger partial charge in [-0.25, -0.2) is 23.1 Å². The van der Waals surface area contributed by atoms with Gasteiger partial charge in [-0.3, -0.25) is 0 Å². The van der Waals surface area contributed by atoms with Crippen LogP contribution in [0.4, 0.5) is 13.2 Å². The van der Waals surface area contributed by atoms with E-state index in [2.05, 4.69) is 15.3 Å². The first-order valence-electron chi connectivity index (χ1n) is 6.84. The van der Waals surface area contributed by atoms with Gasteiger partial charge in [0.1, 0.15) is 0 Å². The Morgan fingerprint density at radius 1 is 1.14 bits per heavy atom. The molecule has 21 heavy (non-hydrogen) atoms. The lowest BCUT2D eigenvalue weighted by Crippen LogP contribution is -2.26. The van der Waals surface area contributed by atoms with Crippen LogP contribution in [0.1, 0.15) is 23.9 Å². The van der Waals surface area contributed by atoms with E-state index in [4.69, 9.17) is 0 Å². The first kappa shape index (κ1) is 14.0. The highest BCUT2D eigenvalue weighted by atomic mass is 19.2. The summed E-state index contributed by atoms with van der Waals surface area (Å²) in [6.45, 7) is 3.47. The highest BCUT2D eigenvalue weighted by Gasteiger charge is 2.19. The second-order valence-electron chi connectivity index (χ2n) is 4.95. The van der Waals surface area contributed by atoms with Crippen LogP contribution in [0.25, 0.3) is 11.4 Å². The van der Waals surface area contributed by atoms with Crippen molar-refractivity contribution in [2.24, 2.45) is 0 Å². The number of fused-ring (bicyclic) bond motifs is 1. The van der Waals surface area contributed by atoms with Gasteiger partial charge in [0.15, 0.2) is 23.3 Å². The molecule has 0 saturated heterocycles. The smallest absolute Gasteiger partial charge is 0.194 e. The van der Waals surface area contributed by atoms with Gasteiger partial charge in [-0.15, -0.1) is 0 Å². The molecule has 3 nitrogen and oxygen atoms in total. The number of hydrogen-bond acceptors (Lipinski definition) is 3. The number of aromatic nitrogens is 2. The minimum atomic E-state index is -1.48. The fraction of sp³-hybridized carbons (Fsp3) is 0.333. The fourth-order valence-electron chi connectivity index (χ4n) is 2.52. The lowest BCUT2D eigenvalue weighted by molar-refractivity contribution is 0.447. The standard InChI is InChI=1S/C15H14F3N3/c1-2-12-9-7-19-4-3-13(9)21-15(20-12)8-5-10(16)14(18)11(17)6-8/h5-6,19H,2-4,7H2,1H3. The van der Waals surface area contributed by atoms with Crippen molar-refractivity contribution in [3.63, 3.8) is 0 Å². The van der Waals surface area contributed by atoms with Crippen molar-refractivity contribution < 1.29 is 13.2 Å². The van der Waals surface area contributed by atoms with Crippen molar-refractivity contribution in [3.05, 3.63) is 46.5 Å². The zero-order valence-corrected chi connectivity index (χ0v) is 11.5. The molecule has 1 N–H and O–H groups in total. The molecule has 110 valence electrons. The highest BCUT2D eigenvalue weighted by Crippen LogP contribution is 2.24. The van der Waals surface area contributed by atoms with E-state index < -0.39 is 17.5 Å². The lowest BCUT2D eigenvalue weighted by atomic mass is 10.0. The zero-order chi connectivity index (χ0) is 15.0. The third kappa shape index (κ3) is 2.51. The summed E-state index contributed by atoms with van der Waals surface area (Å²) in [6, 6.07) is 1.86. The summed E-state index contributed by atoms with van der Waals surface area (Å²) in [5, 5.41) is 3.25. The second kappa shape index (κ2) is 5.44. The second-order valence-corrected chi connectivity index (χ2v) is 4.95. The average Bonchev–Trinajstić information content (AvgIpc) is 2.51. The van der Waals surface area contributed by atoms with E-state index in [0.29, 0.717) is 13.0 Å². The minimum Gasteiger partial charge on any atom is -0.312 e. The first-order chi connectivity index (χ1) is 10.1. The Bertz CT molecular complexity index is 661. The van der Waals surface area contributed by atoms with Crippen LogP contribution in [0.2, 0.25) is 0 Å². The third-order valence-electron chi connectivity index (χ3n) is 3.60. The van der Waals surface area contributed by atoms with E-state index in [1.165, 1.54) is 0 Å². The van der Waals surface area contributed by atoms with Gasteiger partial charge in [0.25, 0.3) is 0 Å². The molecule has 3 rings (SSSR count). The predicted octanol–water partition coefficient (Wildman–Crippen LogP) is 2.77. The van der Waals surface area contributed by atoms with Crippen LogP contribution >= 0.6 is 0 Å². The maximum atomic E-state index is 13.4. The number of benzene rings is 1. The normalized spacial score (nSPS) is 14.1. The fourth-order valence-corrected chi connectivity index (χ4v) is 2.52. The molecule has 0 radical (unpaired) electrons. The number of rotatable bonds is 2. The topological polar surface area (TPSA) is 37.8 Å². The zero-order valence-electron chi connectivity index (χ0n) is 11.5. The molecule has 0 unspecified atom stereocenters. The van der Waals surface area contributed by atoms with Crippen molar-refractivity contribution in [1.82, 2.24) is 15.3 Å². The van der Waals surface area contributed by atoms with Gasteiger partial charge in [0, 0.05) is 36.3 Å². The van der Waals surface area contributed by atoms with Crippen molar-refractivity contribution in [3.8, 4) is 11.4 Å². The van der Waals surface area contributed by atoms with E-state index >= 15 is 0 Å². The molecular formula is C15H14F3N3. The molecule has 0 aliphatic carbocycles. The van der Waals surface area contributed by atoms with Crippen LogP contribution in [0.15, 0.2) is 12.1 Å². The molecule has 0 bridgehead atoms. The summed E-state index contributed by atoms with van der Waals surface area (Å²) < 4.78 is 39.8. The van der Waals surface area contributed by atoms with Crippen molar-refractivity contribution in [2.45, 2.75) is 26.3 Å². The Hall–Kier alpha value is -1.95. The molecule has 2 heterocycles. The van der Waals surface area contributed by atoms with Crippen LogP contribution in [0.5, 0.6) is 0 Å². The highest BCUT2D eigenvalue weighted by molar-refractivity contribution is 5.56. The van der Waals surface area contributed by atoms with Gasteiger partial charge in [-0.2, -0.15) is 0 Å². The molecule has 1 aliphatic rings. The molecule has 0 atom stereocenters. The van der Waals surface area contributed by atoms with Gasteiger partial charge in [0.2, 0.25) is 0 Å². The van der Waals surface area contributed by atoms with E-state index in [1.807, 2.05) is 6.92 Å². The number of nitrogens with zero attached hydrogens (tertiary/aromatic N) is 2. The summed E-state index contributed by atoms with van der Waals surface area (Å²) >= 11 is 0. The first-order valence-corrected chi connectivity index (χ1v) is 6.84. The quantitative estimate of drug-likeness (QED) is 0.865. The number of aryl methyl sites for hydroxylation is 1. The Labute approximate surface area is 120 Å². The SMILES string of the molecule is CCc1nc(-c2cc(F)c(F)c(F)c2)nc2c1CNCC2.